The molecule has 0 atom stereocenters. The Kier molecular flexibility index (Phi) is 3.11. The van der Waals surface area contributed by atoms with Gasteiger partial charge < -0.3 is 5.01 Å². The van der Waals surface area contributed by atoms with Gasteiger partial charge in [-0.15, -0.1) is 0 Å². The predicted molar refractivity (Wildman–Crippen MR) is 53.0 cm³/mol. The maximum Gasteiger partial charge on any atom is 0.0548 e. The van der Waals surface area contributed by atoms with Crippen LogP contribution in [-0.4, -0.2) is 6.54 Å². The maximum absolute atomic E-state index is 5.80. The summed E-state index contributed by atoms with van der Waals surface area (Å²) in [6, 6.07) is 8.24. The number of nitrogens with zero attached hydrogens (tertiary/aromatic N) is 1. The average molecular weight is 164 g/mol. The lowest BCUT2D eigenvalue weighted by atomic mass is 10.1. The molecule has 0 amide bonds. The molecule has 2 nitrogen and oxygen atoms in total. The predicted octanol–water partition coefficient (Wildman–Crippen LogP) is 1.95. The van der Waals surface area contributed by atoms with Crippen molar-refractivity contribution in [3.05, 3.63) is 29.8 Å². The van der Waals surface area contributed by atoms with Crippen molar-refractivity contribution in [3.63, 3.8) is 0 Å². The summed E-state index contributed by atoms with van der Waals surface area (Å²) in [6.45, 7) is 5.03. The molecule has 1 aromatic rings. The first-order chi connectivity index (χ1) is 5.79. The van der Waals surface area contributed by atoms with Crippen LogP contribution in [0.5, 0.6) is 0 Å². The highest BCUT2D eigenvalue weighted by molar-refractivity contribution is 5.52. The number of benzene rings is 1. The highest BCUT2D eigenvalue weighted by Gasteiger charge is 2.02. The van der Waals surface area contributed by atoms with Crippen molar-refractivity contribution in [2.45, 2.75) is 20.3 Å². The summed E-state index contributed by atoms with van der Waals surface area (Å²) < 4.78 is 0. The van der Waals surface area contributed by atoms with E-state index >= 15 is 0 Å². The van der Waals surface area contributed by atoms with Crippen LogP contribution in [0.1, 0.15) is 19.4 Å². The van der Waals surface area contributed by atoms with E-state index in [1.807, 2.05) is 19.1 Å². The monoisotopic (exact) mass is 164 g/mol. The minimum Gasteiger partial charge on any atom is -0.311 e. The molecule has 0 aliphatic rings. The van der Waals surface area contributed by atoms with E-state index in [9.17, 15) is 0 Å². The third kappa shape index (κ3) is 1.77. The van der Waals surface area contributed by atoms with Gasteiger partial charge in [0.25, 0.3) is 0 Å². The second-order valence-corrected chi connectivity index (χ2v) is 2.77. The number of hydrogen-bond donors (Lipinski definition) is 1. The van der Waals surface area contributed by atoms with E-state index in [1.54, 1.807) is 5.01 Å². The standard InChI is InChI=1S/C10H16N2/c1-3-9-7-5-6-8-10(9)12(11)4-2/h5-8H,3-4,11H2,1-2H3. The lowest BCUT2D eigenvalue weighted by Gasteiger charge is -2.19. The molecule has 0 fully saturated rings. The normalized spacial score (nSPS) is 9.92. The number of para-hydroxylation sites is 1. The summed E-state index contributed by atoms with van der Waals surface area (Å²) in [5.74, 6) is 5.80. The van der Waals surface area contributed by atoms with Crippen LogP contribution in [0.4, 0.5) is 5.69 Å². The number of hydrogen-bond acceptors (Lipinski definition) is 2. The van der Waals surface area contributed by atoms with Crippen LogP contribution >= 0.6 is 0 Å². The molecule has 12 heavy (non-hydrogen) atoms. The van der Waals surface area contributed by atoms with Crippen molar-refractivity contribution in [2.75, 3.05) is 11.6 Å². The number of hydrazine groups is 1. The topological polar surface area (TPSA) is 29.3 Å². The Hall–Kier alpha value is -1.02. The van der Waals surface area contributed by atoms with Crippen LogP contribution in [-0.2, 0) is 6.42 Å². The maximum atomic E-state index is 5.80. The van der Waals surface area contributed by atoms with E-state index in [0.717, 1.165) is 18.7 Å². The molecule has 66 valence electrons. The fourth-order valence-corrected chi connectivity index (χ4v) is 1.26. The Morgan fingerprint density at radius 2 is 1.92 bits per heavy atom. The zero-order valence-corrected chi connectivity index (χ0v) is 7.75. The Morgan fingerprint density at radius 1 is 1.25 bits per heavy atom. The first-order valence-corrected chi connectivity index (χ1v) is 4.39. The average Bonchev–Trinajstić information content (AvgIpc) is 2.16. The van der Waals surface area contributed by atoms with Gasteiger partial charge in [0.1, 0.15) is 0 Å². The van der Waals surface area contributed by atoms with Crippen LogP contribution in [0, 0.1) is 0 Å². The van der Waals surface area contributed by atoms with Crippen molar-refractivity contribution in [1.82, 2.24) is 0 Å². The quantitative estimate of drug-likeness (QED) is 0.546. The van der Waals surface area contributed by atoms with Crippen LogP contribution in [0.2, 0.25) is 0 Å². The molecule has 2 heteroatoms. The van der Waals surface area contributed by atoms with Gasteiger partial charge in [-0.1, -0.05) is 25.1 Å². The number of anilines is 1. The van der Waals surface area contributed by atoms with Gasteiger partial charge in [0.05, 0.1) is 5.69 Å². The minimum absolute atomic E-state index is 0.844. The molecule has 2 N–H and O–H groups in total. The largest absolute Gasteiger partial charge is 0.311 e. The SMILES string of the molecule is CCc1ccccc1N(N)CC. The third-order valence-corrected chi connectivity index (χ3v) is 2.02. The molecule has 0 unspecified atom stereocenters. The molecule has 1 aromatic carbocycles. The lowest BCUT2D eigenvalue weighted by molar-refractivity contribution is 0.879. The zero-order valence-electron chi connectivity index (χ0n) is 7.75. The highest BCUT2D eigenvalue weighted by atomic mass is 15.4. The third-order valence-electron chi connectivity index (χ3n) is 2.02. The molecule has 1 rings (SSSR count). The Bertz CT molecular complexity index is 245. The molecule has 0 saturated heterocycles. The molecule has 0 heterocycles. The lowest BCUT2D eigenvalue weighted by Crippen LogP contribution is -2.31. The van der Waals surface area contributed by atoms with Crippen molar-refractivity contribution in [3.8, 4) is 0 Å². The van der Waals surface area contributed by atoms with Crippen LogP contribution in [0.15, 0.2) is 24.3 Å². The van der Waals surface area contributed by atoms with Crippen molar-refractivity contribution in [1.29, 1.82) is 0 Å². The van der Waals surface area contributed by atoms with Gasteiger partial charge in [-0.3, -0.25) is 0 Å². The second kappa shape index (κ2) is 4.12. The molecule has 0 spiro atoms. The molecule has 0 saturated carbocycles. The minimum atomic E-state index is 0.844. The van der Waals surface area contributed by atoms with Gasteiger partial charge in [-0.05, 0) is 25.0 Å². The van der Waals surface area contributed by atoms with E-state index in [2.05, 4.69) is 19.1 Å². The van der Waals surface area contributed by atoms with Crippen LogP contribution < -0.4 is 10.9 Å². The summed E-state index contributed by atoms with van der Waals surface area (Å²) in [5.41, 5.74) is 2.45. The summed E-state index contributed by atoms with van der Waals surface area (Å²) in [4.78, 5) is 0. The zero-order chi connectivity index (χ0) is 8.97. The van der Waals surface area contributed by atoms with Crippen LogP contribution in [0.3, 0.4) is 0 Å². The van der Waals surface area contributed by atoms with Crippen molar-refractivity contribution >= 4 is 5.69 Å². The van der Waals surface area contributed by atoms with Gasteiger partial charge in [-0.25, -0.2) is 5.84 Å². The summed E-state index contributed by atoms with van der Waals surface area (Å²) >= 11 is 0. The van der Waals surface area contributed by atoms with Crippen molar-refractivity contribution < 1.29 is 0 Å². The number of aryl methyl sites for hydroxylation is 1. The van der Waals surface area contributed by atoms with Gasteiger partial charge in [0, 0.05) is 6.54 Å². The van der Waals surface area contributed by atoms with Gasteiger partial charge in [-0.2, -0.15) is 0 Å². The molecular formula is C10H16N2. The fourth-order valence-electron chi connectivity index (χ4n) is 1.26. The number of nitrogens with two attached hydrogens (primary N) is 1. The summed E-state index contributed by atoms with van der Waals surface area (Å²) in [5, 5.41) is 1.78. The van der Waals surface area contributed by atoms with E-state index in [-0.39, 0.29) is 0 Å². The molecular weight excluding hydrogens is 148 g/mol. The highest BCUT2D eigenvalue weighted by Crippen LogP contribution is 2.17. The fraction of sp³-hybridized carbons (Fsp3) is 0.400. The van der Waals surface area contributed by atoms with Gasteiger partial charge in [0.15, 0.2) is 0 Å². The van der Waals surface area contributed by atoms with Crippen molar-refractivity contribution in [2.24, 2.45) is 5.84 Å². The molecule has 0 aromatic heterocycles. The second-order valence-electron chi connectivity index (χ2n) is 2.77. The van der Waals surface area contributed by atoms with Crippen LogP contribution in [0.25, 0.3) is 0 Å². The molecule has 0 aliphatic carbocycles. The molecule has 0 radical (unpaired) electrons. The summed E-state index contributed by atoms with van der Waals surface area (Å²) in [6.07, 6.45) is 1.03. The molecule has 0 bridgehead atoms. The smallest absolute Gasteiger partial charge is 0.0548 e. The Labute approximate surface area is 74.0 Å². The Morgan fingerprint density at radius 3 is 2.50 bits per heavy atom. The number of rotatable bonds is 3. The summed E-state index contributed by atoms with van der Waals surface area (Å²) in [7, 11) is 0. The first kappa shape index (κ1) is 9.07. The van der Waals surface area contributed by atoms with E-state index in [4.69, 9.17) is 5.84 Å². The van der Waals surface area contributed by atoms with E-state index in [0.29, 0.717) is 0 Å². The molecule has 0 aliphatic heterocycles. The van der Waals surface area contributed by atoms with E-state index in [1.165, 1.54) is 5.56 Å². The van der Waals surface area contributed by atoms with E-state index < -0.39 is 0 Å². The van der Waals surface area contributed by atoms with Gasteiger partial charge in [0.2, 0.25) is 0 Å². The van der Waals surface area contributed by atoms with Gasteiger partial charge >= 0.3 is 0 Å². The first-order valence-electron chi connectivity index (χ1n) is 4.39. The Balaban J connectivity index is 2.96.